The van der Waals surface area contributed by atoms with E-state index in [0.717, 1.165) is 51.8 Å². The topological polar surface area (TPSA) is 109 Å². The van der Waals surface area contributed by atoms with Gasteiger partial charge in [-0.2, -0.15) is 13.2 Å². The molecule has 6 rings (SSSR count). The maximum atomic E-state index is 13.9. The standard InChI is InChI=1S/C30H22F3N3O5S2/c1-15-6-4-8-17(12-15)34-21(37)14-41-20-11-3-2-10-19(20)22-23-25(42-26-24(22)43-29(40)35-26)28(39)36(27(23)38)18-9-5-7-16(13-18)30(31,32)33/h2-13,22-23,25H,14H2,1H3,(H,34,37)(H,35,40)/t22-,23?,25?/m1/s1. The van der Waals surface area contributed by atoms with Crippen LogP contribution in [0.3, 0.4) is 0 Å². The molecule has 43 heavy (non-hydrogen) atoms. The highest BCUT2D eigenvalue weighted by molar-refractivity contribution is 8.00. The number of rotatable bonds is 6. The first-order chi connectivity index (χ1) is 20.5. The van der Waals surface area contributed by atoms with Gasteiger partial charge in [0, 0.05) is 22.0 Å². The zero-order valence-electron chi connectivity index (χ0n) is 22.3. The van der Waals surface area contributed by atoms with E-state index in [-0.39, 0.29) is 22.9 Å². The molecule has 3 aromatic carbocycles. The number of aromatic nitrogens is 1. The number of aromatic amines is 1. The molecule has 3 atom stereocenters. The summed E-state index contributed by atoms with van der Waals surface area (Å²) in [7, 11) is 0. The maximum Gasteiger partial charge on any atom is 0.416 e. The average Bonchev–Trinajstić information content (AvgIpc) is 3.45. The number of thioether (sulfide) groups is 1. The second-order valence-electron chi connectivity index (χ2n) is 10.1. The molecule has 0 radical (unpaired) electrons. The van der Waals surface area contributed by atoms with Gasteiger partial charge in [-0.05, 0) is 48.9 Å². The highest BCUT2D eigenvalue weighted by Crippen LogP contribution is 2.54. The van der Waals surface area contributed by atoms with Crippen LogP contribution in [0.1, 0.15) is 27.5 Å². The number of amides is 3. The molecule has 1 aromatic heterocycles. The van der Waals surface area contributed by atoms with E-state index in [4.69, 9.17) is 4.74 Å². The predicted octanol–water partition coefficient (Wildman–Crippen LogP) is 5.58. The number of halogens is 3. The van der Waals surface area contributed by atoms with Crippen LogP contribution >= 0.6 is 23.1 Å². The van der Waals surface area contributed by atoms with Gasteiger partial charge in [0.05, 0.1) is 22.2 Å². The van der Waals surface area contributed by atoms with Crippen molar-refractivity contribution in [3.05, 3.63) is 104 Å². The molecule has 3 heterocycles. The number of aryl methyl sites for hydroxylation is 1. The summed E-state index contributed by atoms with van der Waals surface area (Å²) in [4.78, 5) is 56.3. The molecule has 8 nitrogen and oxygen atoms in total. The Morgan fingerprint density at radius 2 is 1.77 bits per heavy atom. The third kappa shape index (κ3) is 5.45. The monoisotopic (exact) mass is 625 g/mol. The van der Waals surface area contributed by atoms with Crippen molar-refractivity contribution in [3.63, 3.8) is 0 Å². The Morgan fingerprint density at radius 1 is 1.00 bits per heavy atom. The molecule has 220 valence electrons. The molecule has 2 N–H and O–H groups in total. The molecular weight excluding hydrogens is 603 g/mol. The van der Waals surface area contributed by atoms with Crippen molar-refractivity contribution in [2.75, 3.05) is 16.8 Å². The van der Waals surface area contributed by atoms with Crippen molar-refractivity contribution in [1.82, 2.24) is 4.98 Å². The molecule has 13 heteroatoms. The number of carbonyl (C=O) groups is 3. The summed E-state index contributed by atoms with van der Waals surface area (Å²) in [5, 5.41) is 2.15. The van der Waals surface area contributed by atoms with Gasteiger partial charge in [0.2, 0.25) is 11.8 Å². The maximum absolute atomic E-state index is 13.9. The fourth-order valence-corrected chi connectivity index (χ4v) is 7.87. The number of carbonyl (C=O) groups excluding carboxylic acids is 3. The van der Waals surface area contributed by atoms with Gasteiger partial charge in [0.1, 0.15) is 11.0 Å². The number of hydrogen-bond acceptors (Lipinski definition) is 7. The van der Waals surface area contributed by atoms with E-state index >= 15 is 0 Å². The van der Waals surface area contributed by atoms with E-state index < -0.39 is 46.5 Å². The fourth-order valence-electron chi connectivity index (χ4n) is 5.36. The van der Waals surface area contributed by atoms with Gasteiger partial charge in [-0.1, -0.05) is 59.5 Å². The van der Waals surface area contributed by atoms with Crippen LogP contribution in [-0.4, -0.2) is 34.6 Å². The molecule has 1 fully saturated rings. The van der Waals surface area contributed by atoms with E-state index in [9.17, 15) is 32.3 Å². The number of ether oxygens (including phenoxy) is 1. The largest absolute Gasteiger partial charge is 0.483 e. The van der Waals surface area contributed by atoms with Crippen molar-refractivity contribution in [1.29, 1.82) is 0 Å². The number of fused-ring (bicyclic) bond motifs is 2. The third-order valence-corrected chi connectivity index (χ3v) is 9.57. The number of benzene rings is 3. The highest BCUT2D eigenvalue weighted by Gasteiger charge is 2.57. The molecule has 0 spiro atoms. The molecular formula is C30H22F3N3O5S2. The van der Waals surface area contributed by atoms with E-state index in [1.807, 2.05) is 13.0 Å². The Balaban J connectivity index is 1.34. The van der Waals surface area contributed by atoms with E-state index in [1.165, 1.54) is 6.07 Å². The van der Waals surface area contributed by atoms with Crippen molar-refractivity contribution >= 4 is 52.2 Å². The van der Waals surface area contributed by atoms with Crippen LogP contribution in [0.5, 0.6) is 5.75 Å². The van der Waals surface area contributed by atoms with Gasteiger partial charge < -0.3 is 15.0 Å². The first kappa shape index (κ1) is 28.7. The summed E-state index contributed by atoms with van der Waals surface area (Å²) < 4.78 is 46.3. The Morgan fingerprint density at radius 3 is 2.53 bits per heavy atom. The van der Waals surface area contributed by atoms with Crippen LogP contribution in [0.25, 0.3) is 0 Å². The number of imide groups is 1. The molecule has 4 aromatic rings. The Hall–Kier alpha value is -4.36. The third-order valence-electron chi connectivity index (χ3n) is 7.17. The summed E-state index contributed by atoms with van der Waals surface area (Å²) in [6.45, 7) is 1.53. The summed E-state index contributed by atoms with van der Waals surface area (Å²) in [6, 6.07) is 18.0. The normalized spacial score (nSPS) is 19.6. The van der Waals surface area contributed by atoms with Crippen molar-refractivity contribution < 1.29 is 32.3 Å². The Labute approximate surface area is 250 Å². The average molecular weight is 626 g/mol. The van der Waals surface area contributed by atoms with Crippen LogP contribution in [0.2, 0.25) is 0 Å². The van der Waals surface area contributed by atoms with E-state index in [2.05, 4.69) is 10.3 Å². The number of anilines is 2. The second kappa shape index (κ2) is 11.0. The lowest BCUT2D eigenvalue weighted by Gasteiger charge is -2.30. The molecule has 0 bridgehead atoms. The van der Waals surface area contributed by atoms with Gasteiger partial charge in [-0.15, -0.1) is 0 Å². The second-order valence-corrected chi connectivity index (χ2v) is 12.2. The quantitative estimate of drug-likeness (QED) is 0.271. The van der Waals surface area contributed by atoms with Crippen LogP contribution in [0.4, 0.5) is 24.5 Å². The van der Waals surface area contributed by atoms with E-state index in [0.29, 0.717) is 21.2 Å². The number of para-hydroxylation sites is 1. The molecule has 3 amide bonds. The number of thiazole rings is 1. The van der Waals surface area contributed by atoms with Crippen LogP contribution in [0, 0.1) is 12.8 Å². The SMILES string of the molecule is Cc1cccc(NC(=O)COc2ccccc2[C@H]2c3sc(=O)[nH]c3SC3C(=O)N(c4cccc(C(F)(F)F)c4)C(=O)C32)c1. The van der Waals surface area contributed by atoms with Crippen molar-refractivity contribution in [2.24, 2.45) is 5.92 Å². The molecule has 2 aliphatic heterocycles. The number of nitrogens with one attached hydrogen (secondary N) is 2. The lowest BCUT2D eigenvalue weighted by molar-refractivity contribution is -0.137. The summed E-state index contributed by atoms with van der Waals surface area (Å²) in [5.74, 6) is -3.41. The molecule has 1 saturated heterocycles. The molecule has 0 aliphatic carbocycles. The lowest BCUT2D eigenvalue weighted by Crippen LogP contribution is -2.32. The van der Waals surface area contributed by atoms with Gasteiger partial charge in [0.25, 0.3) is 5.91 Å². The number of H-pyrrole nitrogens is 1. The smallest absolute Gasteiger partial charge is 0.416 e. The summed E-state index contributed by atoms with van der Waals surface area (Å²) in [6.07, 6.45) is -4.67. The van der Waals surface area contributed by atoms with Crippen LogP contribution in [-0.2, 0) is 20.6 Å². The van der Waals surface area contributed by atoms with Crippen molar-refractivity contribution in [2.45, 2.75) is 29.3 Å². The van der Waals surface area contributed by atoms with Gasteiger partial charge in [-0.3, -0.25) is 19.2 Å². The molecule has 0 saturated carbocycles. The lowest BCUT2D eigenvalue weighted by atomic mass is 9.82. The Kier molecular flexibility index (Phi) is 7.38. The predicted molar refractivity (Wildman–Crippen MR) is 156 cm³/mol. The molecule has 2 unspecified atom stereocenters. The van der Waals surface area contributed by atoms with Crippen LogP contribution in [0.15, 0.2) is 82.6 Å². The number of nitrogens with zero attached hydrogens (tertiary/aromatic N) is 1. The first-order valence-corrected chi connectivity index (χ1v) is 14.7. The fraction of sp³-hybridized carbons (Fsp3) is 0.200. The zero-order valence-corrected chi connectivity index (χ0v) is 23.9. The van der Waals surface area contributed by atoms with Gasteiger partial charge in [-0.25, -0.2) is 4.90 Å². The Bertz CT molecular complexity index is 1820. The van der Waals surface area contributed by atoms with E-state index in [1.54, 1.807) is 42.5 Å². The van der Waals surface area contributed by atoms with Crippen molar-refractivity contribution in [3.8, 4) is 5.75 Å². The molecule has 2 aliphatic rings. The summed E-state index contributed by atoms with van der Waals surface area (Å²) >= 11 is 1.90. The zero-order chi connectivity index (χ0) is 30.5. The number of alkyl halides is 3. The highest BCUT2D eigenvalue weighted by atomic mass is 32.2. The minimum absolute atomic E-state index is 0.187. The van der Waals surface area contributed by atoms with Gasteiger partial charge >= 0.3 is 11.0 Å². The first-order valence-electron chi connectivity index (χ1n) is 13.0. The number of hydrogen-bond donors (Lipinski definition) is 2. The summed E-state index contributed by atoms with van der Waals surface area (Å²) in [5.41, 5.74) is 0.846. The minimum Gasteiger partial charge on any atom is -0.483 e. The minimum atomic E-state index is -4.67. The van der Waals surface area contributed by atoms with Gasteiger partial charge in [0.15, 0.2) is 6.61 Å². The van der Waals surface area contributed by atoms with Crippen LogP contribution < -0.4 is 19.8 Å².